The van der Waals surface area contributed by atoms with Gasteiger partial charge in [-0.15, -0.1) is 0 Å². The molecule has 0 aliphatic carbocycles. The Labute approximate surface area is 117 Å². The van der Waals surface area contributed by atoms with Crippen LogP contribution in [0.25, 0.3) is 0 Å². The Kier molecular flexibility index (Phi) is 4.50. The van der Waals surface area contributed by atoms with Crippen LogP contribution in [0.3, 0.4) is 0 Å². The highest BCUT2D eigenvalue weighted by molar-refractivity contribution is 14.1. The molecule has 98 valence electrons. The third-order valence-corrected chi connectivity index (χ3v) is 3.71. The number of hydrogen-bond acceptors (Lipinski definition) is 2. The van der Waals surface area contributed by atoms with Crippen LogP contribution in [0.5, 0.6) is 0 Å². The SMILES string of the molecule is O=C(N[C@H]1CCCNC1)c1cc(I)c(F)cc1F. The molecule has 0 unspecified atom stereocenters. The molecule has 3 nitrogen and oxygen atoms in total. The minimum Gasteiger partial charge on any atom is -0.348 e. The summed E-state index contributed by atoms with van der Waals surface area (Å²) < 4.78 is 26.8. The Morgan fingerprint density at radius 3 is 2.83 bits per heavy atom. The van der Waals surface area contributed by atoms with Gasteiger partial charge in [0.2, 0.25) is 0 Å². The molecule has 1 saturated heterocycles. The normalized spacial score (nSPS) is 19.6. The Bertz CT molecular complexity index is 462. The zero-order valence-corrected chi connectivity index (χ0v) is 11.8. The van der Waals surface area contributed by atoms with Gasteiger partial charge < -0.3 is 10.6 Å². The number of rotatable bonds is 2. The van der Waals surface area contributed by atoms with E-state index in [-0.39, 0.29) is 15.2 Å². The molecule has 6 heteroatoms. The van der Waals surface area contributed by atoms with Crippen LogP contribution < -0.4 is 10.6 Å². The quantitative estimate of drug-likeness (QED) is 0.622. The van der Waals surface area contributed by atoms with Crippen molar-refractivity contribution in [2.45, 2.75) is 18.9 Å². The lowest BCUT2D eigenvalue weighted by Crippen LogP contribution is -2.45. The maximum atomic E-state index is 13.5. The van der Waals surface area contributed by atoms with E-state index in [2.05, 4.69) is 10.6 Å². The predicted octanol–water partition coefficient (Wildman–Crippen LogP) is 2.05. The van der Waals surface area contributed by atoms with Gasteiger partial charge in [-0.1, -0.05) is 0 Å². The number of hydrogen-bond donors (Lipinski definition) is 2. The second-order valence-corrected chi connectivity index (χ2v) is 5.43. The molecule has 1 atom stereocenters. The van der Waals surface area contributed by atoms with E-state index in [9.17, 15) is 13.6 Å². The lowest BCUT2D eigenvalue weighted by molar-refractivity contribution is 0.0926. The van der Waals surface area contributed by atoms with Crippen LogP contribution in [0, 0.1) is 15.2 Å². The van der Waals surface area contributed by atoms with Crippen molar-refractivity contribution in [2.75, 3.05) is 13.1 Å². The van der Waals surface area contributed by atoms with E-state index >= 15 is 0 Å². The summed E-state index contributed by atoms with van der Waals surface area (Å²) in [5, 5.41) is 5.91. The highest BCUT2D eigenvalue weighted by atomic mass is 127. The Balaban J connectivity index is 2.10. The maximum Gasteiger partial charge on any atom is 0.254 e. The third-order valence-electron chi connectivity index (χ3n) is 2.89. The molecule has 0 spiro atoms. The molecule has 2 rings (SSSR count). The van der Waals surface area contributed by atoms with Gasteiger partial charge in [0.1, 0.15) is 11.6 Å². The first-order chi connectivity index (χ1) is 8.58. The number of carbonyl (C=O) groups is 1. The fraction of sp³-hybridized carbons (Fsp3) is 0.417. The van der Waals surface area contributed by atoms with Crippen LogP contribution in [-0.2, 0) is 0 Å². The maximum absolute atomic E-state index is 13.5. The van der Waals surface area contributed by atoms with E-state index in [1.54, 1.807) is 22.6 Å². The summed E-state index contributed by atoms with van der Waals surface area (Å²) in [6.07, 6.45) is 1.85. The lowest BCUT2D eigenvalue weighted by atomic mass is 10.1. The minimum absolute atomic E-state index is 0.00774. The van der Waals surface area contributed by atoms with E-state index < -0.39 is 17.5 Å². The highest BCUT2D eigenvalue weighted by Crippen LogP contribution is 2.17. The van der Waals surface area contributed by atoms with Crippen molar-refractivity contribution in [1.29, 1.82) is 0 Å². The Morgan fingerprint density at radius 2 is 2.17 bits per heavy atom. The molecule has 0 saturated carbocycles. The van der Waals surface area contributed by atoms with Gasteiger partial charge in [-0.25, -0.2) is 8.78 Å². The summed E-state index contributed by atoms with van der Waals surface area (Å²) in [6.45, 7) is 1.63. The van der Waals surface area contributed by atoms with Gasteiger partial charge in [0.15, 0.2) is 0 Å². The van der Waals surface area contributed by atoms with Crippen molar-refractivity contribution in [3.63, 3.8) is 0 Å². The molecule has 1 aliphatic rings. The van der Waals surface area contributed by atoms with Crippen molar-refractivity contribution in [3.8, 4) is 0 Å². The largest absolute Gasteiger partial charge is 0.348 e. The first-order valence-electron chi connectivity index (χ1n) is 5.74. The van der Waals surface area contributed by atoms with Crippen LogP contribution >= 0.6 is 22.6 Å². The summed E-state index contributed by atoms with van der Waals surface area (Å²) in [7, 11) is 0. The Hall–Kier alpha value is -0.760. The summed E-state index contributed by atoms with van der Waals surface area (Å²) in [6, 6.07) is 1.99. The molecule has 0 aromatic heterocycles. The smallest absolute Gasteiger partial charge is 0.254 e. The standard InChI is InChI=1S/C12H13F2IN2O/c13-9-5-10(14)11(15)4-8(9)12(18)17-7-2-1-3-16-6-7/h4-5,7,16H,1-3,6H2,(H,17,18)/t7-/m0/s1. The van der Waals surface area contributed by atoms with Crippen molar-refractivity contribution in [2.24, 2.45) is 0 Å². The average molecular weight is 366 g/mol. The van der Waals surface area contributed by atoms with Gasteiger partial charge in [-0.05, 0) is 48.0 Å². The number of halogens is 3. The van der Waals surface area contributed by atoms with E-state index in [0.717, 1.165) is 25.5 Å². The average Bonchev–Trinajstić information content (AvgIpc) is 2.35. The van der Waals surface area contributed by atoms with Gasteiger partial charge in [0, 0.05) is 22.2 Å². The summed E-state index contributed by atoms with van der Waals surface area (Å²) in [4.78, 5) is 11.9. The lowest BCUT2D eigenvalue weighted by Gasteiger charge is -2.23. The third kappa shape index (κ3) is 3.17. The van der Waals surface area contributed by atoms with Gasteiger partial charge in [-0.3, -0.25) is 4.79 Å². The number of carbonyl (C=O) groups excluding carboxylic acids is 1. The van der Waals surface area contributed by atoms with E-state index in [1.807, 2.05) is 0 Å². The van der Waals surface area contributed by atoms with Crippen molar-refractivity contribution in [3.05, 3.63) is 32.9 Å². The molecule has 1 fully saturated rings. The molecular weight excluding hydrogens is 353 g/mol. The van der Waals surface area contributed by atoms with Gasteiger partial charge >= 0.3 is 0 Å². The fourth-order valence-electron chi connectivity index (χ4n) is 1.93. The summed E-state index contributed by atoms with van der Waals surface area (Å²) in [5.74, 6) is -1.96. The second kappa shape index (κ2) is 5.92. The van der Waals surface area contributed by atoms with Crippen molar-refractivity contribution >= 4 is 28.5 Å². The van der Waals surface area contributed by atoms with Crippen molar-refractivity contribution in [1.82, 2.24) is 10.6 Å². The predicted molar refractivity (Wildman–Crippen MR) is 72.4 cm³/mol. The number of nitrogens with one attached hydrogen (secondary N) is 2. The molecule has 0 bridgehead atoms. The van der Waals surface area contributed by atoms with E-state index in [4.69, 9.17) is 0 Å². The Morgan fingerprint density at radius 1 is 1.39 bits per heavy atom. The van der Waals surface area contributed by atoms with Gasteiger partial charge in [-0.2, -0.15) is 0 Å². The van der Waals surface area contributed by atoms with E-state index in [0.29, 0.717) is 6.54 Å². The van der Waals surface area contributed by atoms with Crippen molar-refractivity contribution < 1.29 is 13.6 Å². The molecule has 1 aliphatic heterocycles. The van der Waals surface area contributed by atoms with Crippen LogP contribution in [0.2, 0.25) is 0 Å². The molecule has 18 heavy (non-hydrogen) atoms. The minimum atomic E-state index is -0.825. The molecule has 1 aromatic carbocycles. The summed E-state index contributed by atoms with van der Waals surface area (Å²) in [5.41, 5.74) is -0.105. The van der Waals surface area contributed by atoms with Gasteiger partial charge in [0.05, 0.1) is 5.56 Å². The molecular formula is C12H13F2IN2O. The topological polar surface area (TPSA) is 41.1 Å². The molecule has 2 N–H and O–H groups in total. The number of benzene rings is 1. The van der Waals surface area contributed by atoms with Crippen LogP contribution in [0.15, 0.2) is 12.1 Å². The molecule has 0 radical (unpaired) electrons. The highest BCUT2D eigenvalue weighted by Gasteiger charge is 2.19. The fourth-order valence-corrected chi connectivity index (χ4v) is 2.40. The molecule has 1 aromatic rings. The van der Waals surface area contributed by atoms with Crippen LogP contribution in [-0.4, -0.2) is 25.0 Å². The molecule has 1 amide bonds. The van der Waals surface area contributed by atoms with E-state index in [1.165, 1.54) is 6.07 Å². The van der Waals surface area contributed by atoms with Crippen LogP contribution in [0.4, 0.5) is 8.78 Å². The first-order valence-corrected chi connectivity index (χ1v) is 6.82. The zero-order valence-electron chi connectivity index (χ0n) is 9.60. The number of piperidine rings is 1. The summed E-state index contributed by atoms with van der Waals surface area (Å²) >= 11 is 1.74. The van der Waals surface area contributed by atoms with Crippen LogP contribution in [0.1, 0.15) is 23.2 Å². The molecule has 1 heterocycles. The number of amides is 1. The second-order valence-electron chi connectivity index (χ2n) is 4.26. The zero-order chi connectivity index (χ0) is 13.1. The van der Waals surface area contributed by atoms with Gasteiger partial charge in [0.25, 0.3) is 5.91 Å². The first kappa shape index (κ1) is 13.7. The monoisotopic (exact) mass is 366 g/mol.